The number of halogens is 2. The number of hydrogen-bond donors (Lipinski definition) is 1. The number of ether oxygens (including phenoxy) is 1. The van der Waals surface area contributed by atoms with Gasteiger partial charge in [0.2, 0.25) is 5.91 Å². The van der Waals surface area contributed by atoms with Crippen LogP contribution in [0.15, 0.2) is 47.4 Å². The van der Waals surface area contributed by atoms with E-state index in [4.69, 9.17) is 4.74 Å². The van der Waals surface area contributed by atoms with Gasteiger partial charge in [-0.25, -0.2) is 8.78 Å². The minimum atomic E-state index is -0.872. The smallest absolute Gasteiger partial charge is 0.221 e. The number of hydrogen-bond acceptors (Lipinski definition) is 3. The number of carbonyl (C=O) groups is 1. The number of nitrogens with one attached hydrogen (secondary N) is 1. The number of fused-ring (bicyclic) bond motifs is 1. The molecule has 1 heterocycles. The molecule has 0 fully saturated rings. The Bertz CT molecular complexity index is 739. The van der Waals surface area contributed by atoms with Crippen LogP contribution in [0.5, 0.6) is 5.75 Å². The summed E-state index contributed by atoms with van der Waals surface area (Å²) in [4.78, 5) is 12.7. The Kier molecular flexibility index (Phi) is 5.35. The number of para-hydroxylation sites is 1. The number of rotatable bonds is 5. The van der Waals surface area contributed by atoms with Gasteiger partial charge in [0, 0.05) is 29.1 Å². The van der Waals surface area contributed by atoms with Crippen LogP contribution in [0.2, 0.25) is 0 Å². The third-order valence-electron chi connectivity index (χ3n) is 3.78. The van der Waals surface area contributed by atoms with E-state index in [0.717, 1.165) is 29.9 Å². The van der Waals surface area contributed by atoms with Gasteiger partial charge < -0.3 is 10.1 Å². The van der Waals surface area contributed by atoms with Gasteiger partial charge >= 0.3 is 0 Å². The maximum Gasteiger partial charge on any atom is 0.221 e. The first-order valence-corrected chi connectivity index (χ1v) is 8.71. The summed E-state index contributed by atoms with van der Waals surface area (Å²) < 4.78 is 31.6. The van der Waals surface area contributed by atoms with Crippen molar-refractivity contribution in [3.05, 3.63) is 59.7 Å². The van der Waals surface area contributed by atoms with Gasteiger partial charge in [0.05, 0.1) is 12.6 Å². The van der Waals surface area contributed by atoms with Crippen LogP contribution < -0.4 is 10.1 Å². The molecule has 126 valence electrons. The Balaban J connectivity index is 1.50. The zero-order valence-electron chi connectivity index (χ0n) is 12.9. The molecule has 6 heteroatoms. The van der Waals surface area contributed by atoms with Crippen molar-refractivity contribution in [2.45, 2.75) is 23.8 Å². The third kappa shape index (κ3) is 4.06. The molecule has 3 rings (SSSR count). The molecule has 1 amide bonds. The zero-order chi connectivity index (χ0) is 16.9. The second kappa shape index (κ2) is 7.66. The van der Waals surface area contributed by atoms with E-state index in [2.05, 4.69) is 5.32 Å². The lowest BCUT2D eigenvalue weighted by atomic mass is 10.0. The maximum absolute atomic E-state index is 13.1. The topological polar surface area (TPSA) is 38.3 Å². The highest BCUT2D eigenvalue weighted by Crippen LogP contribution is 2.31. The van der Waals surface area contributed by atoms with Crippen LogP contribution in [0, 0.1) is 11.6 Å². The van der Waals surface area contributed by atoms with Crippen molar-refractivity contribution >= 4 is 17.7 Å². The molecular weight excluding hydrogens is 332 g/mol. The second-order valence-corrected chi connectivity index (χ2v) is 6.64. The zero-order valence-corrected chi connectivity index (χ0v) is 13.7. The fraction of sp³-hybridized carbons (Fsp3) is 0.278. The molecule has 2 aromatic carbocycles. The minimum absolute atomic E-state index is 0.0456. The van der Waals surface area contributed by atoms with Crippen LogP contribution in [0.4, 0.5) is 8.78 Å². The molecular formula is C18H17F2NO2S. The lowest BCUT2D eigenvalue weighted by molar-refractivity contribution is -0.121. The van der Waals surface area contributed by atoms with Crippen LogP contribution in [-0.4, -0.2) is 18.3 Å². The Hall–Kier alpha value is -2.08. The van der Waals surface area contributed by atoms with Crippen LogP contribution in [0.3, 0.4) is 0 Å². The van der Waals surface area contributed by atoms with Gasteiger partial charge in [-0.05, 0) is 24.3 Å². The number of amides is 1. The van der Waals surface area contributed by atoms with E-state index in [9.17, 15) is 13.6 Å². The van der Waals surface area contributed by atoms with E-state index in [1.807, 2.05) is 24.3 Å². The standard InChI is InChI=1S/C18H17F2NO2S/c19-14-6-5-12(11-15(14)20)24-10-8-18(22)21-16-7-9-23-17-4-2-1-3-13(16)17/h1-6,11,16H,7-10H2,(H,21,22)/t16-/m0/s1. The molecule has 1 N–H and O–H groups in total. The summed E-state index contributed by atoms with van der Waals surface area (Å²) in [7, 11) is 0. The number of benzene rings is 2. The Morgan fingerprint density at radius 1 is 1.21 bits per heavy atom. The highest BCUT2D eigenvalue weighted by Gasteiger charge is 2.22. The maximum atomic E-state index is 13.1. The summed E-state index contributed by atoms with van der Waals surface area (Å²) in [6.07, 6.45) is 1.04. The Morgan fingerprint density at radius 2 is 2.04 bits per heavy atom. The predicted molar refractivity (Wildman–Crippen MR) is 89.1 cm³/mol. The van der Waals surface area contributed by atoms with Crippen molar-refractivity contribution in [3.8, 4) is 5.75 Å². The van der Waals surface area contributed by atoms with Gasteiger partial charge in [-0.1, -0.05) is 18.2 Å². The largest absolute Gasteiger partial charge is 0.493 e. The molecule has 0 aromatic heterocycles. The SMILES string of the molecule is O=C(CCSc1ccc(F)c(F)c1)N[C@H]1CCOc2ccccc21. The van der Waals surface area contributed by atoms with Gasteiger partial charge in [-0.15, -0.1) is 11.8 Å². The van der Waals surface area contributed by atoms with Gasteiger partial charge in [-0.2, -0.15) is 0 Å². The lowest BCUT2D eigenvalue weighted by Crippen LogP contribution is -2.32. The molecule has 1 atom stereocenters. The van der Waals surface area contributed by atoms with Crippen molar-refractivity contribution in [1.82, 2.24) is 5.32 Å². The summed E-state index contributed by atoms with van der Waals surface area (Å²) in [6.45, 7) is 0.575. The molecule has 1 aliphatic heterocycles. The van der Waals surface area contributed by atoms with Gasteiger partial charge in [0.1, 0.15) is 5.75 Å². The summed E-state index contributed by atoms with van der Waals surface area (Å²) in [5.74, 6) is -0.488. The summed E-state index contributed by atoms with van der Waals surface area (Å²) >= 11 is 1.33. The van der Waals surface area contributed by atoms with Crippen molar-refractivity contribution in [1.29, 1.82) is 0 Å². The van der Waals surface area contributed by atoms with E-state index in [1.54, 1.807) is 0 Å². The molecule has 0 aliphatic carbocycles. The van der Waals surface area contributed by atoms with E-state index in [0.29, 0.717) is 23.7 Å². The normalized spacial score (nSPS) is 16.2. The predicted octanol–water partition coefficient (Wildman–Crippen LogP) is 4.09. The van der Waals surface area contributed by atoms with Crippen molar-refractivity contribution in [3.63, 3.8) is 0 Å². The molecule has 3 nitrogen and oxygen atoms in total. The molecule has 24 heavy (non-hydrogen) atoms. The van der Waals surface area contributed by atoms with Gasteiger partial charge in [0.25, 0.3) is 0 Å². The average molecular weight is 349 g/mol. The Labute approximate surface area is 143 Å². The number of thioether (sulfide) groups is 1. The molecule has 0 spiro atoms. The number of carbonyl (C=O) groups excluding carboxylic acids is 1. The van der Waals surface area contributed by atoms with Crippen LogP contribution in [-0.2, 0) is 4.79 Å². The summed E-state index contributed by atoms with van der Waals surface area (Å²) in [5.41, 5.74) is 0.991. The van der Waals surface area contributed by atoms with Crippen LogP contribution in [0.25, 0.3) is 0 Å². The summed E-state index contributed by atoms with van der Waals surface area (Å²) in [6, 6.07) is 11.4. The molecule has 0 saturated carbocycles. The van der Waals surface area contributed by atoms with Crippen LogP contribution >= 0.6 is 11.8 Å². The lowest BCUT2D eigenvalue weighted by Gasteiger charge is -2.26. The highest BCUT2D eigenvalue weighted by molar-refractivity contribution is 7.99. The fourth-order valence-corrected chi connectivity index (χ4v) is 3.46. The van der Waals surface area contributed by atoms with E-state index in [-0.39, 0.29) is 11.9 Å². The van der Waals surface area contributed by atoms with Crippen molar-refractivity contribution < 1.29 is 18.3 Å². The molecule has 0 radical (unpaired) electrons. The molecule has 1 aliphatic rings. The first kappa shape index (κ1) is 16.8. The second-order valence-electron chi connectivity index (χ2n) is 5.47. The van der Waals surface area contributed by atoms with E-state index < -0.39 is 11.6 Å². The Morgan fingerprint density at radius 3 is 2.88 bits per heavy atom. The molecule has 0 unspecified atom stereocenters. The van der Waals surface area contributed by atoms with Crippen molar-refractivity contribution in [2.24, 2.45) is 0 Å². The minimum Gasteiger partial charge on any atom is -0.493 e. The van der Waals surface area contributed by atoms with Crippen LogP contribution in [0.1, 0.15) is 24.4 Å². The fourth-order valence-electron chi connectivity index (χ4n) is 2.59. The molecule has 0 saturated heterocycles. The average Bonchev–Trinajstić information content (AvgIpc) is 2.58. The van der Waals surface area contributed by atoms with E-state index >= 15 is 0 Å². The first-order chi connectivity index (χ1) is 11.6. The highest BCUT2D eigenvalue weighted by atomic mass is 32.2. The molecule has 2 aromatic rings. The van der Waals surface area contributed by atoms with Gasteiger partial charge in [-0.3, -0.25) is 4.79 Å². The van der Waals surface area contributed by atoms with E-state index in [1.165, 1.54) is 17.8 Å². The first-order valence-electron chi connectivity index (χ1n) is 7.72. The summed E-state index contributed by atoms with van der Waals surface area (Å²) in [5, 5.41) is 3.02. The molecule has 0 bridgehead atoms. The quantitative estimate of drug-likeness (QED) is 0.827. The third-order valence-corrected chi connectivity index (χ3v) is 4.78. The van der Waals surface area contributed by atoms with Crippen molar-refractivity contribution in [2.75, 3.05) is 12.4 Å². The monoisotopic (exact) mass is 349 g/mol. The van der Waals surface area contributed by atoms with Gasteiger partial charge in [0.15, 0.2) is 11.6 Å².